The largest absolute Gasteiger partial charge is 0.465 e. The van der Waals surface area contributed by atoms with E-state index >= 15 is 0 Å². The number of nitrogens with zero attached hydrogens (tertiary/aromatic N) is 1. The van der Waals surface area contributed by atoms with Gasteiger partial charge in [0.05, 0.1) is 11.6 Å². The second kappa shape index (κ2) is 3.79. The Morgan fingerprint density at radius 3 is 2.64 bits per heavy atom. The molecule has 1 aromatic rings. The maximum Gasteiger partial charge on any atom is 0.409 e. The first-order valence-corrected chi connectivity index (χ1v) is 4.06. The summed E-state index contributed by atoms with van der Waals surface area (Å²) in [5.74, 6) is 0. The van der Waals surface area contributed by atoms with Crippen LogP contribution in [-0.2, 0) is 0 Å². The van der Waals surface area contributed by atoms with Crippen molar-refractivity contribution in [1.82, 2.24) is 0 Å². The Morgan fingerprint density at radius 1 is 1.50 bits per heavy atom. The Hall–Kier alpha value is -2.02. The Bertz CT molecular complexity index is 419. The minimum absolute atomic E-state index is 0.428. The smallest absolute Gasteiger partial charge is 0.409 e. The standard InChI is InChI=1S/C10H10N2O2/c1-6-3-9(12-10(13)14)4-8(5-11)7(6)2/h3-4,12H,1-2H3,(H,13,14). The van der Waals surface area contributed by atoms with E-state index in [0.29, 0.717) is 11.3 Å². The summed E-state index contributed by atoms with van der Waals surface area (Å²) in [6, 6.07) is 5.24. The van der Waals surface area contributed by atoms with Gasteiger partial charge in [-0.25, -0.2) is 4.79 Å². The normalized spacial score (nSPS) is 9.21. The zero-order valence-electron chi connectivity index (χ0n) is 7.96. The van der Waals surface area contributed by atoms with Gasteiger partial charge in [0.25, 0.3) is 0 Å². The van der Waals surface area contributed by atoms with Gasteiger partial charge in [0.15, 0.2) is 0 Å². The van der Waals surface area contributed by atoms with Crippen molar-refractivity contribution in [1.29, 1.82) is 5.26 Å². The molecule has 0 saturated heterocycles. The number of nitrogens with one attached hydrogen (secondary N) is 1. The summed E-state index contributed by atoms with van der Waals surface area (Å²) in [7, 11) is 0. The maximum atomic E-state index is 10.4. The van der Waals surface area contributed by atoms with E-state index in [1.807, 2.05) is 19.9 Å². The van der Waals surface area contributed by atoms with Crippen molar-refractivity contribution in [3.63, 3.8) is 0 Å². The number of benzene rings is 1. The summed E-state index contributed by atoms with van der Waals surface area (Å²) in [4.78, 5) is 10.4. The molecule has 1 amide bonds. The second-order valence-corrected chi connectivity index (χ2v) is 3.01. The van der Waals surface area contributed by atoms with E-state index in [2.05, 4.69) is 5.32 Å². The Labute approximate surface area is 81.8 Å². The molecule has 0 heterocycles. The molecule has 0 unspecified atom stereocenters. The highest BCUT2D eigenvalue weighted by Gasteiger charge is 2.05. The minimum atomic E-state index is -1.13. The quantitative estimate of drug-likeness (QED) is 0.713. The first-order chi connectivity index (χ1) is 6.54. The highest BCUT2D eigenvalue weighted by molar-refractivity contribution is 5.83. The second-order valence-electron chi connectivity index (χ2n) is 3.01. The van der Waals surface area contributed by atoms with Crippen LogP contribution in [0.2, 0.25) is 0 Å². The number of aryl methyl sites for hydroxylation is 1. The van der Waals surface area contributed by atoms with Crippen molar-refractivity contribution in [2.45, 2.75) is 13.8 Å². The molecule has 0 aliphatic rings. The molecule has 0 aliphatic carbocycles. The van der Waals surface area contributed by atoms with E-state index in [4.69, 9.17) is 10.4 Å². The van der Waals surface area contributed by atoms with Gasteiger partial charge in [-0.15, -0.1) is 0 Å². The van der Waals surface area contributed by atoms with Crippen LogP contribution in [0.3, 0.4) is 0 Å². The van der Waals surface area contributed by atoms with Crippen LogP contribution in [0.1, 0.15) is 16.7 Å². The lowest BCUT2D eigenvalue weighted by molar-refractivity contribution is 0.210. The van der Waals surface area contributed by atoms with Gasteiger partial charge in [-0.3, -0.25) is 5.32 Å². The molecular weight excluding hydrogens is 180 g/mol. The molecule has 1 rings (SSSR count). The summed E-state index contributed by atoms with van der Waals surface area (Å²) in [6.07, 6.45) is -1.13. The molecule has 0 aromatic heterocycles. The van der Waals surface area contributed by atoms with Crippen LogP contribution < -0.4 is 5.32 Å². The molecule has 0 spiro atoms. The van der Waals surface area contributed by atoms with Gasteiger partial charge in [0.1, 0.15) is 0 Å². The molecule has 0 aliphatic heterocycles. The zero-order valence-corrected chi connectivity index (χ0v) is 7.96. The minimum Gasteiger partial charge on any atom is -0.465 e. The van der Waals surface area contributed by atoms with Crippen molar-refractivity contribution < 1.29 is 9.90 Å². The van der Waals surface area contributed by atoms with E-state index in [0.717, 1.165) is 11.1 Å². The van der Waals surface area contributed by atoms with Gasteiger partial charge in [-0.2, -0.15) is 5.26 Å². The van der Waals surface area contributed by atoms with Gasteiger partial charge in [0, 0.05) is 5.69 Å². The number of rotatable bonds is 1. The van der Waals surface area contributed by atoms with Crippen molar-refractivity contribution in [3.05, 3.63) is 28.8 Å². The molecule has 0 atom stereocenters. The van der Waals surface area contributed by atoms with E-state index in [1.165, 1.54) is 6.07 Å². The van der Waals surface area contributed by atoms with Gasteiger partial charge in [-0.05, 0) is 37.1 Å². The molecule has 14 heavy (non-hydrogen) atoms. The number of carboxylic acid groups (broad SMARTS) is 1. The summed E-state index contributed by atoms with van der Waals surface area (Å²) in [6.45, 7) is 3.67. The average Bonchev–Trinajstić information content (AvgIpc) is 2.10. The predicted molar refractivity (Wildman–Crippen MR) is 52.3 cm³/mol. The molecular formula is C10H10N2O2. The number of hydrogen-bond donors (Lipinski definition) is 2. The van der Waals surface area contributed by atoms with Gasteiger partial charge < -0.3 is 5.11 Å². The lowest BCUT2D eigenvalue weighted by atomic mass is 10.0. The molecule has 4 heteroatoms. The third-order valence-electron chi connectivity index (χ3n) is 2.04. The topological polar surface area (TPSA) is 73.1 Å². The fraction of sp³-hybridized carbons (Fsp3) is 0.200. The van der Waals surface area contributed by atoms with Crippen LogP contribution in [-0.4, -0.2) is 11.2 Å². The molecule has 0 radical (unpaired) electrons. The molecule has 72 valence electrons. The van der Waals surface area contributed by atoms with E-state index < -0.39 is 6.09 Å². The Morgan fingerprint density at radius 2 is 2.14 bits per heavy atom. The summed E-state index contributed by atoms with van der Waals surface area (Å²) >= 11 is 0. The molecule has 4 nitrogen and oxygen atoms in total. The maximum absolute atomic E-state index is 10.4. The van der Waals surface area contributed by atoms with E-state index in [-0.39, 0.29) is 0 Å². The lowest BCUT2D eigenvalue weighted by Gasteiger charge is -2.06. The highest BCUT2D eigenvalue weighted by atomic mass is 16.4. The van der Waals surface area contributed by atoms with Crippen molar-refractivity contribution in [2.24, 2.45) is 0 Å². The van der Waals surface area contributed by atoms with Gasteiger partial charge in [0.2, 0.25) is 0 Å². The number of hydrogen-bond acceptors (Lipinski definition) is 2. The summed E-state index contributed by atoms with van der Waals surface area (Å²) < 4.78 is 0. The molecule has 1 aromatic carbocycles. The predicted octanol–water partition coefficient (Wildman–Crippen LogP) is 2.27. The van der Waals surface area contributed by atoms with Gasteiger partial charge >= 0.3 is 6.09 Å². The third-order valence-corrected chi connectivity index (χ3v) is 2.04. The fourth-order valence-corrected chi connectivity index (χ4v) is 1.17. The Kier molecular flexibility index (Phi) is 2.73. The summed E-state index contributed by atoms with van der Waals surface area (Å²) in [5, 5.41) is 19.5. The molecule has 2 N–H and O–H groups in total. The number of anilines is 1. The van der Waals surface area contributed by atoms with Crippen molar-refractivity contribution >= 4 is 11.8 Å². The molecule has 0 fully saturated rings. The highest BCUT2D eigenvalue weighted by Crippen LogP contribution is 2.18. The van der Waals surface area contributed by atoms with Crippen molar-refractivity contribution in [3.8, 4) is 6.07 Å². The van der Waals surface area contributed by atoms with Gasteiger partial charge in [-0.1, -0.05) is 0 Å². The number of carbonyl (C=O) groups is 1. The molecule has 0 bridgehead atoms. The summed E-state index contributed by atoms with van der Waals surface area (Å²) in [5.41, 5.74) is 2.70. The van der Waals surface area contributed by atoms with Crippen LogP contribution in [0.15, 0.2) is 12.1 Å². The van der Waals surface area contributed by atoms with E-state index in [1.54, 1.807) is 6.07 Å². The van der Waals surface area contributed by atoms with E-state index in [9.17, 15) is 4.79 Å². The first-order valence-electron chi connectivity index (χ1n) is 4.06. The van der Waals surface area contributed by atoms with Crippen LogP contribution in [0.4, 0.5) is 10.5 Å². The first kappa shape index (κ1) is 10.1. The Balaban J connectivity index is 3.18. The zero-order chi connectivity index (χ0) is 10.7. The van der Waals surface area contributed by atoms with Crippen LogP contribution in [0.25, 0.3) is 0 Å². The average molecular weight is 190 g/mol. The van der Waals surface area contributed by atoms with Crippen molar-refractivity contribution in [2.75, 3.05) is 5.32 Å². The van der Waals surface area contributed by atoms with Crippen LogP contribution >= 0.6 is 0 Å². The number of nitriles is 1. The monoisotopic (exact) mass is 190 g/mol. The SMILES string of the molecule is Cc1cc(NC(=O)O)cc(C#N)c1C. The molecule has 0 saturated carbocycles. The van der Waals surface area contributed by atoms with Crippen LogP contribution in [0, 0.1) is 25.2 Å². The fourth-order valence-electron chi connectivity index (χ4n) is 1.17. The van der Waals surface area contributed by atoms with Crippen LogP contribution in [0.5, 0.6) is 0 Å². The number of amides is 1. The third kappa shape index (κ3) is 2.02. The lowest BCUT2D eigenvalue weighted by Crippen LogP contribution is -2.07.